The lowest BCUT2D eigenvalue weighted by atomic mass is 10.1. The molecule has 0 spiro atoms. The highest BCUT2D eigenvalue weighted by atomic mass is 32.2. The molecule has 2 aromatic rings. The van der Waals surface area contributed by atoms with Crippen molar-refractivity contribution in [3.8, 4) is 0 Å². The SMILES string of the molecule is CCCCC(N=C1NS(=O)(=O)c2ccccc21)C(=O)N(C)Cc1ccccc1N1CCOCC1. The molecule has 1 N–H and O–H groups in total. The van der Waals surface area contributed by atoms with Gasteiger partial charge < -0.3 is 14.5 Å². The van der Waals surface area contributed by atoms with Gasteiger partial charge in [0.1, 0.15) is 11.9 Å². The van der Waals surface area contributed by atoms with Gasteiger partial charge in [-0.3, -0.25) is 14.5 Å². The minimum Gasteiger partial charge on any atom is -0.378 e. The average Bonchev–Trinajstić information content (AvgIpc) is 3.12. The van der Waals surface area contributed by atoms with E-state index in [0.29, 0.717) is 31.7 Å². The monoisotopic (exact) mass is 484 g/mol. The maximum atomic E-state index is 13.5. The molecule has 0 aromatic heterocycles. The third-order valence-corrected chi connectivity index (χ3v) is 7.59. The van der Waals surface area contributed by atoms with E-state index in [9.17, 15) is 13.2 Å². The standard InChI is InChI=1S/C25H32N4O4S/c1-3-4-11-21(26-24-20-10-6-8-13-23(20)34(31,32)27-24)25(30)28(2)18-19-9-5-7-12-22(19)29-14-16-33-17-15-29/h5-10,12-13,21H,3-4,11,14-18H2,1-2H3,(H,26,27). The van der Waals surface area contributed by atoms with Crippen LogP contribution >= 0.6 is 0 Å². The molecule has 2 aliphatic rings. The Hall–Kier alpha value is -2.91. The fourth-order valence-electron chi connectivity index (χ4n) is 4.37. The van der Waals surface area contributed by atoms with Gasteiger partial charge in [-0.15, -0.1) is 0 Å². The summed E-state index contributed by atoms with van der Waals surface area (Å²) in [6.07, 6.45) is 2.29. The van der Waals surface area contributed by atoms with E-state index in [2.05, 4.69) is 27.6 Å². The van der Waals surface area contributed by atoms with E-state index in [1.807, 2.05) is 18.2 Å². The smallest absolute Gasteiger partial charge is 0.263 e. The lowest BCUT2D eigenvalue weighted by Gasteiger charge is -2.31. The number of hydrogen-bond acceptors (Lipinski definition) is 6. The van der Waals surface area contributed by atoms with Crippen molar-refractivity contribution in [1.29, 1.82) is 0 Å². The van der Waals surface area contributed by atoms with E-state index in [1.54, 1.807) is 36.2 Å². The zero-order chi connectivity index (χ0) is 24.1. The van der Waals surface area contributed by atoms with Crippen LogP contribution in [0.1, 0.15) is 37.3 Å². The minimum atomic E-state index is -3.65. The Morgan fingerprint density at radius 3 is 2.62 bits per heavy atom. The number of ether oxygens (including phenoxy) is 1. The van der Waals surface area contributed by atoms with Crippen LogP contribution in [0, 0.1) is 0 Å². The van der Waals surface area contributed by atoms with Gasteiger partial charge in [-0.1, -0.05) is 50.1 Å². The predicted molar refractivity (Wildman–Crippen MR) is 133 cm³/mol. The molecule has 1 fully saturated rings. The van der Waals surface area contributed by atoms with Gasteiger partial charge in [-0.05, 0) is 30.2 Å². The molecule has 2 heterocycles. The quantitative estimate of drug-likeness (QED) is 0.622. The van der Waals surface area contributed by atoms with Crippen molar-refractivity contribution in [1.82, 2.24) is 9.62 Å². The number of sulfonamides is 1. The van der Waals surface area contributed by atoms with Gasteiger partial charge in [0.15, 0.2) is 0 Å². The van der Waals surface area contributed by atoms with Crippen LogP contribution in [0.15, 0.2) is 58.4 Å². The number of fused-ring (bicyclic) bond motifs is 1. The number of carbonyl (C=O) groups excluding carboxylic acids is 1. The van der Waals surface area contributed by atoms with Crippen molar-refractivity contribution in [2.45, 2.75) is 43.7 Å². The summed E-state index contributed by atoms with van der Waals surface area (Å²) in [5.74, 6) is 0.119. The summed E-state index contributed by atoms with van der Waals surface area (Å²) in [5.41, 5.74) is 2.69. The Morgan fingerprint density at radius 2 is 1.85 bits per heavy atom. The number of likely N-dealkylation sites (N-methyl/N-ethyl adjacent to an activating group) is 1. The molecule has 1 atom stereocenters. The molecule has 1 amide bonds. The van der Waals surface area contributed by atoms with Gasteiger partial charge >= 0.3 is 0 Å². The van der Waals surface area contributed by atoms with Gasteiger partial charge in [0.2, 0.25) is 5.91 Å². The molecule has 4 rings (SSSR count). The molecule has 1 unspecified atom stereocenters. The fraction of sp³-hybridized carbons (Fsp3) is 0.440. The topological polar surface area (TPSA) is 91.3 Å². The molecule has 182 valence electrons. The first-order chi connectivity index (χ1) is 16.4. The van der Waals surface area contributed by atoms with E-state index < -0.39 is 16.1 Å². The van der Waals surface area contributed by atoms with Gasteiger partial charge in [0.05, 0.1) is 18.1 Å². The van der Waals surface area contributed by atoms with E-state index in [4.69, 9.17) is 4.74 Å². The molecule has 1 saturated heterocycles. The number of nitrogens with one attached hydrogen (secondary N) is 1. The van der Waals surface area contributed by atoms with Crippen LogP contribution in [-0.2, 0) is 26.1 Å². The Bertz CT molecular complexity index is 1160. The number of unbranched alkanes of at least 4 members (excludes halogenated alkanes) is 1. The number of carbonyl (C=O) groups is 1. The van der Waals surface area contributed by atoms with Gasteiger partial charge in [0.25, 0.3) is 10.0 Å². The van der Waals surface area contributed by atoms with Crippen molar-refractivity contribution < 1.29 is 17.9 Å². The third-order valence-electron chi connectivity index (χ3n) is 6.19. The van der Waals surface area contributed by atoms with Crippen molar-refractivity contribution in [2.24, 2.45) is 4.99 Å². The van der Waals surface area contributed by atoms with E-state index in [0.717, 1.165) is 37.2 Å². The van der Waals surface area contributed by atoms with Gasteiger partial charge in [0, 0.05) is 37.9 Å². The second kappa shape index (κ2) is 10.6. The van der Waals surface area contributed by atoms with Crippen LogP contribution in [0.5, 0.6) is 0 Å². The van der Waals surface area contributed by atoms with Crippen LogP contribution in [0.4, 0.5) is 5.69 Å². The number of rotatable bonds is 8. The molecule has 2 aliphatic heterocycles. The third kappa shape index (κ3) is 5.26. The number of hydrogen-bond donors (Lipinski definition) is 1. The summed E-state index contributed by atoms with van der Waals surface area (Å²) in [6.45, 7) is 5.53. The van der Waals surface area contributed by atoms with E-state index in [1.165, 1.54) is 0 Å². The second-order valence-corrected chi connectivity index (χ2v) is 10.3. The maximum Gasteiger partial charge on any atom is 0.263 e. The highest BCUT2D eigenvalue weighted by Gasteiger charge is 2.32. The molecular formula is C25H32N4O4S. The normalized spacial score (nSPS) is 18.9. The number of para-hydroxylation sites is 1. The zero-order valence-corrected chi connectivity index (χ0v) is 20.6. The summed E-state index contributed by atoms with van der Waals surface area (Å²) in [4.78, 5) is 22.3. The largest absolute Gasteiger partial charge is 0.378 e. The highest BCUT2D eigenvalue weighted by molar-refractivity contribution is 7.90. The highest BCUT2D eigenvalue weighted by Crippen LogP contribution is 2.25. The summed E-state index contributed by atoms with van der Waals surface area (Å²) in [7, 11) is -1.87. The van der Waals surface area contributed by atoms with Crippen LogP contribution in [0.3, 0.4) is 0 Å². The van der Waals surface area contributed by atoms with E-state index in [-0.39, 0.29) is 16.6 Å². The number of amidine groups is 1. The van der Waals surface area contributed by atoms with Crippen molar-refractivity contribution >= 4 is 27.5 Å². The molecule has 2 aromatic carbocycles. The number of anilines is 1. The Morgan fingerprint density at radius 1 is 1.15 bits per heavy atom. The Kier molecular flexibility index (Phi) is 7.53. The molecule has 0 radical (unpaired) electrons. The van der Waals surface area contributed by atoms with Crippen molar-refractivity contribution in [2.75, 3.05) is 38.3 Å². The second-order valence-electron chi connectivity index (χ2n) is 8.66. The summed E-state index contributed by atoms with van der Waals surface area (Å²) >= 11 is 0. The number of morpholine rings is 1. The Labute approximate surface area is 201 Å². The number of benzene rings is 2. The maximum absolute atomic E-state index is 13.5. The molecular weight excluding hydrogens is 452 g/mol. The van der Waals surface area contributed by atoms with Crippen LogP contribution in [-0.4, -0.2) is 64.5 Å². The lowest BCUT2D eigenvalue weighted by molar-refractivity contribution is -0.131. The molecule has 8 nitrogen and oxygen atoms in total. The molecule has 0 saturated carbocycles. The first-order valence-electron chi connectivity index (χ1n) is 11.8. The van der Waals surface area contributed by atoms with Crippen LogP contribution in [0.25, 0.3) is 0 Å². The summed E-state index contributed by atoms with van der Waals surface area (Å²) in [5, 5.41) is 0. The van der Waals surface area contributed by atoms with E-state index >= 15 is 0 Å². The number of aliphatic imine (C=N–C) groups is 1. The van der Waals surface area contributed by atoms with Crippen LogP contribution in [0.2, 0.25) is 0 Å². The summed E-state index contributed by atoms with van der Waals surface area (Å²) < 4.78 is 33.0. The van der Waals surface area contributed by atoms with Crippen LogP contribution < -0.4 is 9.62 Å². The Balaban J connectivity index is 1.57. The predicted octanol–water partition coefficient (Wildman–Crippen LogP) is 2.78. The van der Waals surface area contributed by atoms with Crippen molar-refractivity contribution in [3.63, 3.8) is 0 Å². The minimum absolute atomic E-state index is 0.124. The summed E-state index contributed by atoms with van der Waals surface area (Å²) in [6, 6.07) is 14.2. The van der Waals surface area contributed by atoms with Gasteiger partial charge in [-0.25, -0.2) is 8.42 Å². The zero-order valence-electron chi connectivity index (χ0n) is 19.7. The first-order valence-corrected chi connectivity index (χ1v) is 13.2. The molecule has 34 heavy (non-hydrogen) atoms. The lowest BCUT2D eigenvalue weighted by Crippen LogP contribution is -2.39. The fourth-order valence-corrected chi connectivity index (χ4v) is 5.61. The molecule has 0 aliphatic carbocycles. The molecule has 0 bridgehead atoms. The van der Waals surface area contributed by atoms with Gasteiger partial charge in [-0.2, -0.15) is 0 Å². The first kappa shape index (κ1) is 24.2. The molecule has 9 heteroatoms. The average molecular weight is 485 g/mol. The number of amides is 1. The number of nitrogens with zero attached hydrogens (tertiary/aromatic N) is 3. The van der Waals surface area contributed by atoms with Crippen molar-refractivity contribution in [3.05, 3.63) is 59.7 Å².